The van der Waals surface area contributed by atoms with Gasteiger partial charge in [-0.05, 0) is 38.1 Å². The van der Waals surface area contributed by atoms with Gasteiger partial charge in [0.2, 0.25) is 5.91 Å². The van der Waals surface area contributed by atoms with Gasteiger partial charge in [0.1, 0.15) is 11.2 Å². The minimum Gasteiger partial charge on any atom is -0.341 e. The van der Waals surface area contributed by atoms with E-state index in [1.54, 1.807) is 6.20 Å². The molecule has 1 aliphatic carbocycles. The predicted molar refractivity (Wildman–Crippen MR) is 103 cm³/mol. The van der Waals surface area contributed by atoms with E-state index in [1.807, 2.05) is 49.1 Å². The summed E-state index contributed by atoms with van der Waals surface area (Å²) in [4.78, 5) is 32.4. The SMILES string of the molecule is CCN(CC)C(=O)C1(NC(=O)c2nccc3ccccc23)CCCCC1. The van der Waals surface area contributed by atoms with Crippen LogP contribution in [0.2, 0.25) is 0 Å². The molecule has 0 unspecified atom stereocenters. The van der Waals surface area contributed by atoms with Gasteiger partial charge in [-0.15, -0.1) is 0 Å². The van der Waals surface area contributed by atoms with E-state index in [0.29, 0.717) is 31.6 Å². The first-order valence-corrected chi connectivity index (χ1v) is 9.57. The minimum absolute atomic E-state index is 0.0378. The number of carbonyl (C=O) groups excluding carboxylic acids is 2. The van der Waals surface area contributed by atoms with Crippen LogP contribution in [0.15, 0.2) is 36.5 Å². The van der Waals surface area contributed by atoms with Crippen molar-refractivity contribution < 1.29 is 9.59 Å². The fraction of sp³-hybridized carbons (Fsp3) is 0.476. The molecule has 0 spiro atoms. The quantitative estimate of drug-likeness (QED) is 0.894. The third-order valence-electron chi connectivity index (χ3n) is 5.41. The smallest absolute Gasteiger partial charge is 0.271 e. The molecule has 3 rings (SSSR count). The average molecular weight is 353 g/mol. The van der Waals surface area contributed by atoms with Crippen molar-refractivity contribution in [2.24, 2.45) is 0 Å². The van der Waals surface area contributed by atoms with E-state index in [2.05, 4.69) is 10.3 Å². The summed E-state index contributed by atoms with van der Waals surface area (Å²) in [5.74, 6) is -0.222. The Morgan fingerprint density at radius 1 is 1.08 bits per heavy atom. The summed E-state index contributed by atoms with van der Waals surface area (Å²) < 4.78 is 0. The lowest BCUT2D eigenvalue weighted by Gasteiger charge is -2.40. The van der Waals surface area contributed by atoms with Gasteiger partial charge in [-0.2, -0.15) is 0 Å². The molecule has 0 atom stereocenters. The van der Waals surface area contributed by atoms with Gasteiger partial charge in [0, 0.05) is 24.7 Å². The van der Waals surface area contributed by atoms with Gasteiger partial charge in [0.25, 0.3) is 5.91 Å². The van der Waals surface area contributed by atoms with Crippen LogP contribution in [-0.4, -0.2) is 40.3 Å². The second kappa shape index (κ2) is 7.85. The number of amides is 2. The van der Waals surface area contributed by atoms with Crippen molar-refractivity contribution in [3.63, 3.8) is 0 Å². The number of nitrogens with zero attached hydrogens (tertiary/aromatic N) is 2. The molecule has 1 fully saturated rings. The molecular formula is C21H27N3O2. The van der Waals surface area contributed by atoms with Crippen LogP contribution >= 0.6 is 0 Å². The fourth-order valence-electron chi connectivity index (χ4n) is 3.94. The maximum absolute atomic E-state index is 13.2. The molecule has 2 aromatic rings. The van der Waals surface area contributed by atoms with Gasteiger partial charge in [-0.1, -0.05) is 43.5 Å². The predicted octanol–water partition coefficient (Wildman–Crippen LogP) is 3.54. The standard InChI is InChI=1S/C21H27N3O2/c1-3-24(4-2)20(26)21(13-8-5-9-14-21)23-19(25)18-17-11-7-6-10-16(17)12-15-22-18/h6-7,10-12,15H,3-5,8-9,13-14H2,1-2H3,(H,23,25). The molecule has 1 saturated carbocycles. The summed E-state index contributed by atoms with van der Waals surface area (Å²) in [6.45, 7) is 5.26. The summed E-state index contributed by atoms with van der Waals surface area (Å²) in [6, 6.07) is 9.60. The summed E-state index contributed by atoms with van der Waals surface area (Å²) in [6.07, 6.45) is 6.05. The van der Waals surface area contributed by atoms with Gasteiger partial charge < -0.3 is 10.2 Å². The maximum Gasteiger partial charge on any atom is 0.271 e. The highest BCUT2D eigenvalue weighted by molar-refractivity contribution is 6.07. The number of hydrogen-bond acceptors (Lipinski definition) is 3. The summed E-state index contributed by atoms with van der Waals surface area (Å²) in [5, 5.41) is 4.88. The van der Waals surface area contributed by atoms with E-state index in [1.165, 1.54) is 0 Å². The molecule has 5 nitrogen and oxygen atoms in total. The van der Waals surface area contributed by atoms with E-state index in [4.69, 9.17) is 0 Å². The largest absolute Gasteiger partial charge is 0.341 e. The molecule has 0 bridgehead atoms. The Hall–Kier alpha value is -2.43. The Bertz CT molecular complexity index is 787. The first-order chi connectivity index (χ1) is 12.6. The molecule has 0 saturated heterocycles. The van der Waals surface area contributed by atoms with Crippen molar-refractivity contribution >= 4 is 22.6 Å². The fourth-order valence-corrected chi connectivity index (χ4v) is 3.94. The topological polar surface area (TPSA) is 62.3 Å². The Morgan fingerprint density at radius 2 is 1.77 bits per heavy atom. The van der Waals surface area contributed by atoms with Crippen LogP contribution in [0, 0.1) is 0 Å². The second-order valence-corrected chi connectivity index (χ2v) is 6.96. The number of likely N-dealkylation sites (N-methyl/N-ethyl adjacent to an activating group) is 1. The summed E-state index contributed by atoms with van der Waals surface area (Å²) in [7, 11) is 0. The second-order valence-electron chi connectivity index (χ2n) is 6.96. The van der Waals surface area contributed by atoms with Crippen molar-refractivity contribution in [3.8, 4) is 0 Å². The van der Waals surface area contributed by atoms with Crippen LogP contribution in [-0.2, 0) is 4.79 Å². The highest BCUT2D eigenvalue weighted by atomic mass is 16.2. The van der Waals surface area contributed by atoms with Crippen molar-refractivity contribution in [1.82, 2.24) is 15.2 Å². The van der Waals surface area contributed by atoms with Crippen molar-refractivity contribution in [3.05, 3.63) is 42.2 Å². The number of benzene rings is 1. The maximum atomic E-state index is 13.2. The van der Waals surface area contributed by atoms with Crippen LogP contribution in [0.5, 0.6) is 0 Å². The number of pyridine rings is 1. The molecule has 138 valence electrons. The third-order valence-corrected chi connectivity index (χ3v) is 5.41. The Balaban J connectivity index is 1.93. The van der Waals surface area contributed by atoms with Crippen LogP contribution < -0.4 is 5.32 Å². The van der Waals surface area contributed by atoms with E-state index >= 15 is 0 Å². The molecule has 1 N–H and O–H groups in total. The number of hydrogen-bond donors (Lipinski definition) is 1. The van der Waals surface area contributed by atoms with Gasteiger partial charge in [0.05, 0.1) is 0 Å². The molecular weight excluding hydrogens is 326 g/mol. The number of carbonyl (C=O) groups is 2. The van der Waals surface area contributed by atoms with Crippen LogP contribution in [0.4, 0.5) is 0 Å². The van der Waals surface area contributed by atoms with Gasteiger partial charge in [0.15, 0.2) is 0 Å². The van der Waals surface area contributed by atoms with E-state index in [-0.39, 0.29) is 11.8 Å². The number of nitrogens with one attached hydrogen (secondary N) is 1. The molecule has 1 aliphatic rings. The molecule has 1 aromatic carbocycles. The highest BCUT2D eigenvalue weighted by Gasteiger charge is 2.43. The average Bonchev–Trinajstić information content (AvgIpc) is 2.69. The number of fused-ring (bicyclic) bond motifs is 1. The van der Waals surface area contributed by atoms with Crippen LogP contribution in [0.1, 0.15) is 56.4 Å². The van der Waals surface area contributed by atoms with Gasteiger partial charge >= 0.3 is 0 Å². The van der Waals surface area contributed by atoms with Crippen molar-refractivity contribution in [2.45, 2.75) is 51.5 Å². The Morgan fingerprint density at radius 3 is 2.46 bits per heavy atom. The molecule has 1 heterocycles. The molecule has 0 radical (unpaired) electrons. The highest BCUT2D eigenvalue weighted by Crippen LogP contribution is 2.31. The zero-order valence-electron chi connectivity index (χ0n) is 15.6. The lowest BCUT2D eigenvalue weighted by molar-refractivity contribution is -0.139. The first kappa shape index (κ1) is 18.4. The number of rotatable bonds is 5. The first-order valence-electron chi connectivity index (χ1n) is 9.57. The lowest BCUT2D eigenvalue weighted by atomic mass is 9.80. The van der Waals surface area contributed by atoms with Crippen LogP contribution in [0.25, 0.3) is 10.8 Å². The van der Waals surface area contributed by atoms with Gasteiger partial charge in [-0.3, -0.25) is 14.6 Å². The normalized spacial score (nSPS) is 16.2. The number of aromatic nitrogens is 1. The zero-order valence-corrected chi connectivity index (χ0v) is 15.6. The van der Waals surface area contributed by atoms with Crippen molar-refractivity contribution in [1.29, 1.82) is 0 Å². The molecule has 1 aromatic heterocycles. The summed E-state index contributed by atoms with van der Waals surface area (Å²) in [5.41, 5.74) is -0.416. The van der Waals surface area contributed by atoms with Crippen molar-refractivity contribution in [2.75, 3.05) is 13.1 Å². The molecule has 26 heavy (non-hydrogen) atoms. The van der Waals surface area contributed by atoms with E-state index in [0.717, 1.165) is 30.0 Å². The molecule has 2 amide bonds. The minimum atomic E-state index is -0.806. The lowest BCUT2D eigenvalue weighted by Crippen LogP contribution is -2.60. The van der Waals surface area contributed by atoms with Crippen LogP contribution in [0.3, 0.4) is 0 Å². The Kier molecular flexibility index (Phi) is 5.55. The van der Waals surface area contributed by atoms with Gasteiger partial charge in [-0.25, -0.2) is 0 Å². The zero-order chi connectivity index (χ0) is 18.6. The Labute approximate surface area is 154 Å². The van der Waals surface area contributed by atoms with E-state index < -0.39 is 5.54 Å². The monoisotopic (exact) mass is 353 g/mol. The molecule has 0 aliphatic heterocycles. The summed E-state index contributed by atoms with van der Waals surface area (Å²) >= 11 is 0. The van der Waals surface area contributed by atoms with E-state index in [9.17, 15) is 9.59 Å². The molecule has 5 heteroatoms. The third kappa shape index (κ3) is 3.43.